The predicted octanol–water partition coefficient (Wildman–Crippen LogP) is 16.8. The number of hydrogen-bond donors (Lipinski definition) is 0. The molecular formula is C65H64N3O+. The fourth-order valence-corrected chi connectivity index (χ4v) is 11.4. The van der Waals surface area contributed by atoms with Crippen molar-refractivity contribution < 1.29 is 16.2 Å². The van der Waals surface area contributed by atoms with Crippen molar-refractivity contribution in [2.75, 3.05) is 9.80 Å². The van der Waals surface area contributed by atoms with Crippen LogP contribution in [0.4, 0.5) is 17.1 Å². The second-order valence-corrected chi connectivity index (χ2v) is 22.3. The molecule has 4 heteroatoms. The zero-order valence-electron chi connectivity index (χ0n) is 46.8. The lowest BCUT2D eigenvalue weighted by atomic mass is 9.77. The number of rotatable bonds is 6. The molecule has 0 N–H and O–H groups in total. The van der Waals surface area contributed by atoms with E-state index < -0.39 is 30.7 Å². The van der Waals surface area contributed by atoms with Gasteiger partial charge in [0.15, 0.2) is 6.20 Å². The van der Waals surface area contributed by atoms with E-state index in [0.29, 0.717) is 5.69 Å². The number of para-hydroxylation sites is 1. The molecule has 0 aliphatic carbocycles. The molecule has 4 nitrogen and oxygen atoms in total. The maximum Gasteiger partial charge on any atom is 0.432 e. The van der Waals surface area contributed by atoms with E-state index in [-0.39, 0.29) is 16.4 Å². The van der Waals surface area contributed by atoms with Crippen molar-refractivity contribution in [1.29, 1.82) is 0 Å². The van der Waals surface area contributed by atoms with Gasteiger partial charge < -0.3 is 9.64 Å². The van der Waals surface area contributed by atoms with E-state index in [2.05, 4.69) is 178 Å². The first-order chi connectivity index (χ1) is 34.7. The molecule has 5 heterocycles. The molecule has 0 saturated carbocycles. The summed E-state index contributed by atoms with van der Waals surface area (Å²) in [6.07, 6.45) is 1.63. The zero-order valence-corrected chi connectivity index (χ0v) is 41.8. The highest BCUT2D eigenvalue weighted by Crippen LogP contribution is 2.68. The van der Waals surface area contributed by atoms with Crippen LogP contribution in [0.1, 0.15) is 139 Å². The zero-order chi connectivity index (χ0) is 52.4. The van der Waals surface area contributed by atoms with Crippen molar-refractivity contribution in [3.63, 3.8) is 0 Å². The minimum absolute atomic E-state index is 0.214. The van der Waals surface area contributed by atoms with E-state index in [4.69, 9.17) is 7.48 Å². The Bertz CT molecular complexity index is 3610. The molecule has 4 aliphatic heterocycles. The van der Waals surface area contributed by atoms with Crippen LogP contribution in [0.2, 0.25) is 0 Å². The first-order valence-electron chi connectivity index (χ1n) is 27.0. The largest absolute Gasteiger partial charge is 0.432 e. The summed E-state index contributed by atoms with van der Waals surface area (Å²) in [5.74, 6) is -2.34. The second kappa shape index (κ2) is 15.0. The van der Waals surface area contributed by atoms with Gasteiger partial charge in [-0.2, -0.15) is 0 Å². The summed E-state index contributed by atoms with van der Waals surface area (Å²) in [6.45, 7) is 20.5. The van der Waals surface area contributed by atoms with Crippen LogP contribution in [0.25, 0.3) is 55.8 Å². The Balaban J connectivity index is 1.19. The van der Waals surface area contributed by atoms with Crippen molar-refractivity contribution in [1.82, 2.24) is 0 Å². The molecule has 0 radical (unpaired) electrons. The summed E-state index contributed by atoms with van der Waals surface area (Å²) in [5.41, 5.74) is 19.2. The Labute approximate surface area is 416 Å². The van der Waals surface area contributed by atoms with Gasteiger partial charge >= 0.3 is 5.85 Å². The fourth-order valence-electron chi connectivity index (χ4n) is 11.4. The lowest BCUT2D eigenvalue weighted by Crippen LogP contribution is -2.71. The molecule has 7 aromatic carbocycles. The molecule has 69 heavy (non-hydrogen) atoms. The van der Waals surface area contributed by atoms with Gasteiger partial charge in [-0.1, -0.05) is 172 Å². The Hall–Kier alpha value is -6.91. The van der Waals surface area contributed by atoms with Crippen LogP contribution in [-0.2, 0) is 16.7 Å². The SMILES string of the molecule is [2H]C([2H])([2H])c1cc(-c2cc(C([2H])(C)C)cc(C([2H])(C)C)c2)ccc1N1c2cccc3c2N2C1c1cc(C(C)(C)C)cc(C(C)(C)C)c1OC21c2c-3cc(-c3ccccc3)cc2-c2cc(-c3ccc(C)cc3)cc[n+]21. The quantitative estimate of drug-likeness (QED) is 0.155. The molecule has 8 aromatic rings. The normalized spacial score (nSPS) is 18.8. The molecule has 0 saturated heterocycles. The summed E-state index contributed by atoms with van der Waals surface area (Å²) in [4.78, 5) is 4.76. The lowest BCUT2D eigenvalue weighted by molar-refractivity contribution is -0.774. The highest BCUT2D eigenvalue weighted by molar-refractivity contribution is 6.03. The van der Waals surface area contributed by atoms with E-state index in [1.165, 1.54) is 11.1 Å². The van der Waals surface area contributed by atoms with Gasteiger partial charge in [-0.3, -0.25) is 0 Å². The van der Waals surface area contributed by atoms with Crippen LogP contribution < -0.4 is 19.1 Å². The molecule has 2 atom stereocenters. The average molecular weight is 908 g/mol. The lowest BCUT2D eigenvalue weighted by Gasteiger charge is -2.49. The number of ether oxygens (including phenoxy) is 1. The number of pyridine rings is 1. The number of anilines is 3. The van der Waals surface area contributed by atoms with Crippen LogP contribution >= 0.6 is 0 Å². The first-order valence-corrected chi connectivity index (χ1v) is 24.5. The van der Waals surface area contributed by atoms with Crippen LogP contribution in [0.15, 0.2) is 152 Å². The van der Waals surface area contributed by atoms with Gasteiger partial charge in [0.05, 0.1) is 16.9 Å². The van der Waals surface area contributed by atoms with Gasteiger partial charge in [-0.05, 0) is 128 Å². The Kier molecular flexibility index (Phi) is 8.28. The maximum atomic E-state index is 9.40. The van der Waals surface area contributed by atoms with Crippen LogP contribution in [0.3, 0.4) is 0 Å². The average Bonchev–Trinajstić information content (AvgIpc) is 3.84. The topological polar surface area (TPSA) is 19.6 Å². The van der Waals surface area contributed by atoms with Gasteiger partial charge in [0.2, 0.25) is 5.69 Å². The summed E-state index contributed by atoms with van der Waals surface area (Å²) in [7, 11) is 0. The number of aromatic nitrogens is 1. The third kappa shape index (κ3) is 6.43. The third-order valence-corrected chi connectivity index (χ3v) is 15.1. The molecule has 2 unspecified atom stereocenters. The molecule has 1 aromatic heterocycles. The van der Waals surface area contributed by atoms with E-state index in [1.54, 1.807) is 0 Å². The van der Waals surface area contributed by atoms with Crippen LogP contribution in [0, 0.1) is 13.8 Å². The van der Waals surface area contributed by atoms with Crippen molar-refractivity contribution in [3.8, 4) is 61.5 Å². The van der Waals surface area contributed by atoms with E-state index in [1.807, 2.05) is 64.1 Å². The molecule has 4 aliphatic rings. The summed E-state index contributed by atoms with van der Waals surface area (Å²) < 4.78 is 56.8. The van der Waals surface area contributed by atoms with Gasteiger partial charge in [0.1, 0.15) is 17.5 Å². The molecular weight excluding hydrogens is 839 g/mol. The third-order valence-electron chi connectivity index (χ3n) is 15.1. The van der Waals surface area contributed by atoms with Gasteiger partial charge in [-0.25, -0.2) is 4.90 Å². The van der Waals surface area contributed by atoms with E-state index >= 15 is 0 Å². The van der Waals surface area contributed by atoms with Crippen molar-refractivity contribution in [2.45, 2.75) is 118 Å². The van der Waals surface area contributed by atoms with Gasteiger partial charge in [0.25, 0.3) is 0 Å². The van der Waals surface area contributed by atoms with Crippen molar-refractivity contribution >= 4 is 17.1 Å². The van der Waals surface area contributed by atoms with E-state index in [9.17, 15) is 4.11 Å². The molecule has 0 fully saturated rings. The molecule has 1 spiro atoms. The molecule has 0 bridgehead atoms. The molecule has 344 valence electrons. The summed E-state index contributed by atoms with van der Waals surface area (Å²) in [6, 6.07) is 51.4. The number of nitrogens with zero attached hydrogens (tertiary/aromatic N) is 3. The summed E-state index contributed by atoms with van der Waals surface area (Å²) in [5, 5.41) is 0. The Morgan fingerprint density at radius 1 is 0.609 bits per heavy atom. The van der Waals surface area contributed by atoms with Crippen LogP contribution in [0.5, 0.6) is 5.75 Å². The minimum Gasteiger partial charge on any atom is -0.410 e. The van der Waals surface area contributed by atoms with Crippen molar-refractivity contribution in [3.05, 3.63) is 196 Å². The number of aryl methyl sites for hydroxylation is 2. The summed E-state index contributed by atoms with van der Waals surface area (Å²) >= 11 is 0. The molecule has 0 amide bonds. The van der Waals surface area contributed by atoms with E-state index in [0.717, 1.165) is 101 Å². The highest BCUT2D eigenvalue weighted by atomic mass is 16.5. The maximum absolute atomic E-state index is 9.40. The van der Waals surface area contributed by atoms with Crippen molar-refractivity contribution in [2.24, 2.45) is 0 Å². The standard InChI is InChI=1S/C65H64N3O/c1-38(2)46-30-47(39(3)4)32-48(31-46)44-25-26-56(41(6)29-44)67-57-20-16-19-51-52-33-49(42-17-14-13-15-18-42)34-53-58-35-45(43-23-21-40(5)22-24-43)27-28-66(58)65(59(52)53)68(60(51)57)62(67)54-36-50(63(7,8)9)37-55(61(54)69-65)64(10,11)12/h13-39,62H,1-12H3/q+1/i6D3,38D,39D. The Morgan fingerprint density at radius 2 is 1.28 bits per heavy atom. The number of benzene rings is 7. The fraction of sp³-hybridized carbons (Fsp3) is 0.277. The van der Waals surface area contributed by atoms with Crippen LogP contribution in [-0.4, -0.2) is 0 Å². The number of fused-ring (bicyclic) bond motifs is 5. The second-order valence-electron chi connectivity index (χ2n) is 22.3. The number of hydrogen-bond acceptors (Lipinski definition) is 3. The minimum atomic E-state index is -2.54. The predicted molar refractivity (Wildman–Crippen MR) is 287 cm³/mol. The monoisotopic (exact) mass is 908 g/mol. The molecule has 12 rings (SSSR count). The highest BCUT2D eigenvalue weighted by Gasteiger charge is 2.70. The Morgan fingerprint density at radius 3 is 1.96 bits per heavy atom. The first kappa shape index (κ1) is 38.0. The van der Waals surface area contributed by atoms with Gasteiger partial charge in [-0.15, -0.1) is 4.57 Å². The smallest absolute Gasteiger partial charge is 0.410 e. The van der Waals surface area contributed by atoms with Gasteiger partial charge in [0, 0.05) is 46.9 Å².